The lowest BCUT2D eigenvalue weighted by molar-refractivity contribution is 0.0950. The van der Waals surface area contributed by atoms with Gasteiger partial charge in [0.15, 0.2) is 0 Å². The molecule has 1 unspecified atom stereocenters. The highest BCUT2D eigenvalue weighted by atomic mass is 16.1. The van der Waals surface area contributed by atoms with E-state index in [4.69, 9.17) is 0 Å². The minimum atomic E-state index is -0.0690. The van der Waals surface area contributed by atoms with Crippen LogP contribution in [0.25, 0.3) is 5.69 Å². The molecule has 5 nitrogen and oxygen atoms in total. The minimum Gasteiger partial charge on any atom is -0.380 e. The number of nitrogens with one attached hydrogen (secondary N) is 2. The van der Waals surface area contributed by atoms with Gasteiger partial charge in [-0.15, -0.1) is 0 Å². The van der Waals surface area contributed by atoms with Crippen molar-refractivity contribution in [3.8, 4) is 5.69 Å². The Hall–Kier alpha value is -3.08. The first-order valence-corrected chi connectivity index (χ1v) is 9.67. The van der Waals surface area contributed by atoms with E-state index in [1.807, 2.05) is 79.2 Å². The SMILES string of the molecule is Cc1cc(C)n(-c2ccc(C(=O)NCC(Nc3ccccc3)C(C)C)cc2)n1. The van der Waals surface area contributed by atoms with Gasteiger partial charge in [-0.05, 0) is 62.2 Å². The van der Waals surface area contributed by atoms with Crippen LogP contribution in [-0.2, 0) is 0 Å². The van der Waals surface area contributed by atoms with Crippen molar-refractivity contribution in [3.63, 3.8) is 0 Å². The van der Waals surface area contributed by atoms with Crippen molar-refractivity contribution in [2.75, 3.05) is 11.9 Å². The van der Waals surface area contributed by atoms with Crippen LogP contribution >= 0.6 is 0 Å². The summed E-state index contributed by atoms with van der Waals surface area (Å²) in [5, 5.41) is 11.0. The Morgan fingerprint density at radius 2 is 1.71 bits per heavy atom. The third-order valence-corrected chi connectivity index (χ3v) is 4.80. The number of aromatic nitrogens is 2. The van der Waals surface area contributed by atoms with Gasteiger partial charge in [-0.1, -0.05) is 32.0 Å². The molecule has 0 aliphatic carbocycles. The van der Waals surface area contributed by atoms with Crippen molar-refractivity contribution in [2.45, 2.75) is 33.7 Å². The zero-order valence-electron chi connectivity index (χ0n) is 16.9. The first-order valence-electron chi connectivity index (χ1n) is 9.67. The second-order valence-corrected chi connectivity index (χ2v) is 7.46. The van der Waals surface area contributed by atoms with Crippen LogP contribution in [0.4, 0.5) is 5.69 Å². The Morgan fingerprint density at radius 3 is 2.29 bits per heavy atom. The minimum absolute atomic E-state index is 0.0690. The lowest BCUT2D eigenvalue weighted by atomic mass is 10.0. The first-order chi connectivity index (χ1) is 13.4. The number of hydrogen-bond acceptors (Lipinski definition) is 3. The molecule has 0 fully saturated rings. The third-order valence-electron chi connectivity index (χ3n) is 4.80. The number of anilines is 1. The Labute approximate surface area is 166 Å². The molecule has 1 aromatic heterocycles. The van der Waals surface area contributed by atoms with E-state index in [9.17, 15) is 4.79 Å². The van der Waals surface area contributed by atoms with E-state index < -0.39 is 0 Å². The zero-order chi connectivity index (χ0) is 20.1. The fraction of sp³-hybridized carbons (Fsp3) is 0.304. The summed E-state index contributed by atoms with van der Waals surface area (Å²) in [5.74, 6) is 0.314. The van der Waals surface area contributed by atoms with Crippen molar-refractivity contribution < 1.29 is 4.79 Å². The molecule has 3 rings (SSSR count). The molecule has 1 heterocycles. The summed E-state index contributed by atoms with van der Waals surface area (Å²) >= 11 is 0. The van der Waals surface area contributed by atoms with Gasteiger partial charge in [-0.25, -0.2) is 4.68 Å². The summed E-state index contributed by atoms with van der Waals surface area (Å²) < 4.78 is 1.88. The van der Waals surface area contributed by atoms with E-state index in [-0.39, 0.29) is 11.9 Å². The predicted molar refractivity (Wildman–Crippen MR) is 114 cm³/mol. The van der Waals surface area contributed by atoms with Gasteiger partial charge < -0.3 is 10.6 Å². The maximum absolute atomic E-state index is 12.6. The van der Waals surface area contributed by atoms with Crippen molar-refractivity contribution in [1.29, 1.82) is 0 Å². The number of para-hydroxylation sites is 1. The summed E-state index contributed by atoms with van der Waals surface area (Å²) in [7, 11) is 0. The zero-order valence-corrected chi connectivity index (χ0v) is 16.9. The summed E-state index contributed by atoms with van der Waals surface area (Å²) in [5.41, 5.74) is 4.71. The van der Waals surface area contributed by atoms with Crippen molar-refractivity contribution >= 4 is 11.6 Å². The van der Waals surface area contributed by atoms with E-state index in [0.717, 1.165) is 22.8 Å². The summed E-state index contributed by atoms with van der Waals surface area (Å²) in [6.45, 7) is 8.85. The second-order valence-electron chi connectivity index (χ2n) is 7.46. The van der Waals surface area contributed by atoms with Gasteiger partial charge in [0.05, 0.1) is 11.4 Å². The average molecular weight is 377 g/mol. The summed E-state index contributed by atoms with van der Waals surface area (Å²) in [4.78, 5) is 12.6. The molecule has 5 heteroatoms. The van der Waals surface area contributed by atoms with Crippen molar-refractivity contribution in [3.05, 3.63) is 77.6 Å². The lowest BCUT2D eigenvalue weighted by Gasteiger charge is -2.24. The fourth-order valence-corrected chi connectivity index (χ4v) is 3.15. The number of benzene rings is 2. The van der Waals surface area contributed by atoms with Gasteiger partial charge in [-0.2, -0.15) is 5.10 Å². The normalized spacial score (nSPS) is 12.0. The number of rotatable bonds is 7. The summed E-state index contributed by atoms with van der Waals surface area (Å²) in [6, 6.07) is 19.8. The highest BCUT2D eigenvalue weighted by Gasteiger charge is 2.15. The molecule has 0 aliphatic heterocycles. The number of carbonyl (C=O) groups excluding carboxylic acids is 1. The van der Waals surface area contributed by atoms with Crippen LogP contribution in [0.1, 0.15) is 35.6 Å². The largest absolute Gasteiger partial charge is 0.380 e. The molecule has 0 saturated carbocycles. The highest BCUT2D eigenvalue weighted by molar-refractivity contribution is 5.94. The Morgan fingerprint density at radius 1 is 1.04 bits per heavy atom. The molecule has 3 aromatic rings. The molecule has 0 radical (unpaired) electrons. The molecule has 0 aliphatic rings. The topological polar surface area (TPSA) is 59.0 Å². The number of carbonyl (C=O) groups is 1. The number of hydrogen-bond donors (Lipinski definition) is 2. The molecule has 0 saturated heterocycles. The second kappa shape index (κ2) is 8.74. The van der Waals surface area contributed by atoms with Crippen LogP contribution in [0.3, 0.4) is 0 Å². The number of aryl methyl sites for hydroxylation is 2. The van der Waals surface area contributed by atoms with E-state index in [1.165, 1.54) is 0 Å². The monoisotopic (exact) mass is 376 g/mol. The molecule has 28 heavy (non-hydrogen) atoms. The quantitative estimate of drug-likeness (QED) is 0.644. The highest BCUT2D eigenvalue weighted by Crippen LogP contribution is 2.14. The van der Waals surface area contributed by atoms with Crippen molar-refractivity contribution in [1.82, 2.24) is 15.1 Å². The molecule has 2 aromatic carbocycles. The lowest BCUT2D eigenvalue weighted by Crippen LogP contribution is -2.39. The van der Waals surface area contributed by atoms with Crippen LogP contribution in [0.5, 0.6) is 0 Å². The maximum atomic E-state index is 12.6. The predicted octanol–water partition coefficient (Wildman–Crippen LogP) is 4.36. The average Bonchev–Trinajstić information content (AvgIpc) is 3.03. The van der Waals surface area contributed by atoms with Crippen molar-refractivity contribution in [2.24, 2.45) is 5.92 Å². The smallest absolute Gasteiger partial charge is 0.251 e. The molecule has 1 amide bonds. The first kappa shape index (κ1) is 19.7. The Balaban J connectivity index is 1.62. The number of nitrogens with zero attached hydrogens (tertiary/aromatic N) is 2. The molecule has 2 N–H and O–H groups in total. The molecular formula is C23H28N4O. The third kappa shape index (κ3) is 4.80. The van der Waals surface area contributed by atoms with Gasteiger partial charge in [0.2, 0.25) is 0 Å². The van der Waals surface area contributed by atoms with Gasteiger partial charge in [-0.3, -0.25) is 4.79 Å². The molecular weight excluding hydrogens is 348 g/mol. The van der Waals surface area contributed by atoms with Crippen LogP contribution in [-0.4, -0.2) is 28.3 Å². The van der Waals surface area contributed by atoms with Gasteiger partial charge in [0, 0.05) is 29.5 Å². The molecule has 146 valence electrons. The van der Waals surface area contributed by atoms with Crippen LogP contribution in [0.15, 0.2) is 60.7 Å². The Kier molecular flexibility index (Phi) is 6.14. The maximum Gasteiger partial charge on any atom is 0.251 e. The van der Waals surface area contributed by atoms with Gasteiger partial charge >= 0.3 is 0 Å². The summed E-state index contributed by atoms with van der Waals surface area (Å²) in [6.07, 6.45) is 0. The van der Waals surface area contributed by atoms with Crippen LogP contribution < -0.4 is 10.6 Å². The van der Waals surface area contributed by atoms with E-state index in [0.29, 0.717) is 18.0 Å². The van der Waals surface area contributed by atoms with Gasteiger partial charge in [0.1, 0.15) is 0 Å². The molecule has 1 atom stereocenters. The van der Waals surface area contributed by atoms with E-state index in [1.54, 1.807) is 0 Å². The Bertz CT molecular complexity index is 914. The van der Waals surface area contributed by atoms with Crippen LogP contribution in [0, 0.1) is 19.8 Å². The fourth-order valence-electron chi connectivity index (χ4n) is 3.15. The van der Waals surface area contributed by atoms with E-state index in [2.05, 4.69) is 29.6 Å². The number of amides is 1. The van der Waals surface area contributed by atoms with Gasteiger partial charge in [0.25, 0.3) is 5.91 Å². The standard InChI is InChI=1S/C23H28N4O/c1-16(2)22(25-20-8-6-5-7-9-20)15-24-23(28)19-10-12-21(13-11-19)27-18(4)14-17(3)26-27/h5-14,16,22,25H,15H2,1-4H3,(H,24,28). The van der Waals surface area contributed by atoms with E-state index >= 15 is 0 Å². The molecule has 0 spiro atoms. The van der Waals surface area contributed by atoms with Crippen LogP contribution in [0.2, 0.25) is 0 Å². The molecule has 0 bridgehead atoms.